The van der Waals surface area contributed by atoms with Gasteiger partial charge < -0.3 is 14.5 Å². The molecule has 1 heterocycles. The van der Waals surface area contributed by atoms with Crippen molar-refractivity contribution in [3.05, 3.63) is 24.3 Å². The van der Waals surface area contributed by atoms with E-state index >= 15 is 0 Å². The van der Waals surface area contributed by atoms with Gasteiger partial charge in [-0.2, -0.15) is 13.2 Å². The van der Waals surface area contributed by atoms with Crippen LogP contribution >= 0.6 is 11.8 Å². The number of alkyl halides is 3. The molecule has 0 saturated carbocycles. The zero-order chi connectivity index (χ0) is 17.7. The van der Waals surface area contributed by atoms with Crippen LogP contribution in [0.5, 0.6) is 5.75 Å². The maximum atomic E-state index is 12.1. The lowest BCUT2D eigenvalue weighted by atomic mass is 10.2. The van der Waals surface area contributed by atoms with Gasteiger partial charge in [0.25, 0.3) is 5.22 Å². The smallest absolute Gasteiger partial charge is 0.405 e. The van der Waals surface area contributed by atoms with E-state index in [0.717, 1.165) is 11.8 Å². The third kappa shape index (κ3) is 5.15. The Morgan fingerprint density at radius 2 is 2.00 bits per heavy atom. The van der Waals surface area contributed by atoms with E-state index in [0.29, 0.717) is 11.3 Å². The molecule has 130 valence electrons. The fourth-order valence-electron chi connectivity index (χ4n) is 1.64. The highest BCUT2D eigenvalue weighted by Crippen LogP contribution is 2.27. The number of methoxy groups -OCH3 is 1. The molecule has 1 aromatic heterocycles. The van der Waals surface area contributed by atoms with Crippen molar-refractivity contribution in [2.24, 2.45) is 0 Å². The topological polar surface area (TPSA) is 77.2 Å². The van der Waals surface area contributed by atoms with E-state index in [1.807, 2.05) is 0 Å². The second kappa shape index (κ2) is 7.56. The molecule has 0 radical (unpaired) electrons. The van der Waals surface area contributed by atoms with Gasteiger partial charge in [-0.3, -0.25) is 4.79 Å². The molecule has 0 spiro atoms. The summed E-state index contributed by atoms with van der Waals surface area (Å²) in [5.41, 5.74) is 0.657. The number of ether oxygens (including phenoxy) is 1. The van der Waals surface area contributed by atoms with Crippen molar-refractivity contribution in [1.29, 1.82) is 0 Å². The molecule has 1 atom stereocenters. The Morgan fingerprint density at radius 3 is 2.58 bits per heavy atom. The highest BCUT2D eigenvalue weighted by atomic mass is 32.2. The Bertz CT molecular complexity index is 689. The van der Waals surface area contributed by atoms with Crippen LogP contribution in [-0.2, 0) is 4.79 Å². The molecule has 2 aromatic rings. The molecule has 1 N–H and O–H groups in total. The van der Waals surface area contributed by atoms with E-state index in [2.05, 4.69) is 10.2 Å². The highest BCUT2D eigenvalue weighted by molar-refractivity contribution is 8.00. The standard InChI is InChI=1S/C14H14F3N3O3S/c1-8(11(21)18-7-14(15,16)17)24-13-20-19-12(23-13)9-3-5-10(22-2)6-4-9/h3-6,8H,7H2,1-2H3,(H,18,21). The van der Waals surface area contributed by atoms with E-state index < -0.39 is 23.9 Å². The quantitative estimate of drug-likeness (QED) is 0.797. The van der Waals surface area contributed by atoms with Gasteiger partial charge in [0.05, 0.1) is 12.4 Å². The molecule has 24 heavy (non-hydrogen) atoms. The minimum atomic E-state index is -4.45. The van der Waals surface area contributed by atoms with E-state index in [4.69, 9.17) is 9.15 Å². The number of halogens is 3. The normalized spacial score (nSPS) is 12.7. The first-order valence-electron chi connectivity index (χ1n) is 6.77. The predicted molar refractivity (Wildman–Crippen MR) is 80.7 cm³/mol. The third-order valence-electron chi connectivity index (χ3n) is 2.85. The Hall–Kier alpha value is -2.23. The third-order valence-corrected chi connectivity index (χ3v) is 3.79. The molecule has 6 nitrogen and oxygen atoms in total. The van der Waals surface area contributed by atoms with Crippen molar-refractivity contribution in [3.8, 4) is 17.2 Å². The first kappa shape index (κ1) is 18.1. The van der Waals surface area contributed by atoms with Crippen LogP contribution in [0.2, 0.25) is 0 Å². The van der Waals surface area contributed by atoms with Crippen molar-refractivity contribution in [3.63, 3.8) is 0 Å². The van der Waals surface area contributed by atoms with Crippen LogP contribution in [0.25, 0.3) is 11.5 Å². The Labute approximate surface area is 139 Å². The molecular formula is C14H14F3N3O3S. The molecule has 1 aromatic carbocycles. The number of aromatic nitrogens is 2. The number of nitrogens with zero attached hydrogens (tertiary/aromatic N) is 2. The Morgan fingerprint density at radius 1 is 1.33 bits per heavy atom. The molecule has 0 fully saturated rings. The summed E-state index contributed by atoms with van der Waals surface area (Å²) in [6.07, 6.45) is -4.45. The summed E-state index contributed by atoms with van der Waals surface area (Å²) in [5.74, 6) is 0.146. The molecule has 1 amide bonds. The van der Waals surface area contributed by atoms with Gasteiger partial charge in [-0.05, 0) is 31.2 Å². The maximum Gasteiger partial charge on any atom is 0.405 e. The molecule has 0 bridgehead atoms. The molecule has 0 aliphatic heterocycles. The van der Waals surface area contributed by atoms with E-state index in [-0.39, 0.29) is 11.1 Å². The fraction of sp³-hybridized carbons (Fsp3) is 0.357. The van der Waals surface area contributed by atoms with Gasteiger partial charge in [0, 0.05) is 5.56 Å². The SMILES string of the molecule is COc1ccc(-c2nnc(SC(C)C(=O)NCC(F)(F)F)o2)cc1. The van der Waals surface area contributed by atoms with Gasteiger partial charge in [-0.15, -0.1) is 10.2 Å². The van der Waals surface area contributed by atoms with E-state index in [1.165, 1.54) is 6.92 Å². The van der Waals surface area contributed by atoms with Crippen LogP contribution in [0.1, 0.15) is 6.92 Å². The van der Waals surface area contributed by atoms with Crippen molar-refractivity contribution in [1.82, 2.24) is 15.5 Å². The summed E-state index contributed by atoms with van der Waals surface area (Å²) in [5, 5.41) is 8.72. The second-order valence-electron chi connectivity index (χ2n) is 4.69. The number of carbonyl (C=O) groups is 1. The lowest BCUT2D eigenvalue weighted by molar-refractivity contribution is -0.137. The summed E-state index contributed by atoms with van der Waals surface area (Å²) in [6, 6.07) is 6.89. The Kier molecular flexibility index (Phi) is 5.71. The van der Waals surface area contributed by atoms with E-state index in [9.17, 15) is 18.0 Å². The van der Waals surface area contributed by atoms with Crippen LogP contribution < -0.4 is 10.1 Å². The lowest BCUT2D eigenvalue weighted by Crippen LogP contribution is -2.37. The summed E-state index contributed by atoms with van der Waals surface area (Å²) in [7, 11) is 1.54. The number of benzene rings is 1. The molecule has 10 heteroatoms. The van der Waals surface area contributed by atoms with Crippen LogP contribution in [0.15, 0.2) is 33.9 Å². The van der Waals surface area contributed by atoms with Crippen LogP contribution in [0, 0.1) is 0 Å². The van der Waals surface area contributed by atoms with Crippen LogP contribution in [0.4, 0.5) is 13.2 Å². The average molecular weight is 361 g/mol. The number of carbonyl (C=O) groups excluding carboxylic acids is 1. The molecule has 0 saturated heterocycles. The fourth-order valence-corrected chi connectivity index (χ4v) is 2.35. The van der Waals surface area contributed by atoms with Gasteiger partial charge in [-0.1, -0.05) is 11.8 Å². The largest absolute Gasteiger partial charge is 0.497 e. The predicted octanol–water partition coefficient (Wildman–Crippen LogP) is 2.90. The number of thioether (sulfide) groups is 1. The number of hydrogen-bond donors (Lipinski definition) is 1. The zero-order valence-electron chi connectivity index (χ0n) is 12.8. The minimum absolute atomic E-state index is 0.0930. The first-order valence-corrected chi connectivity index (χ1v) is 7.65. The highest BCUT2D eigenvalue weighted by Gasteiger charge is 2.29. The zero-order valence-corrected chi connectivity index (χ0v) is 13.6. The summed E-state index contributed by atoms with van der Waals surface area (Å²) in [6.45, 7) is 0.0747. The van der Waals surface area contributed by atoms with Crippen molar-refractivity contribution < 1.29 is 27.1 Å². The number of rotatable bonds is 6. The number of hydrogen-bond acceptors (Lipinski definition) is 6. The van der Waals surface area contributed by atoms with Crippen molar-refractivity contribution in [2.45, 2.75) is 23.6 Å². The molecule has 2 rings (SSSR count). The summed E-state index contributed by atoms with van der Waals surface area (Å²) in [4.78, 5) is 11.6. The second-order valence-corrected chi connectivity index (χ2v) is 5.99. The first-order chi connectivity index (χ1) is 11.3. The molecule has 0 aliphatic rings. The summed E-state index contributed by atoms with van der Waals surface area (Å²) >= 11 is 0.881. The summed E-state index contributed by atoms with van der Waals surface area (Å²) < 4.78 is 46.7. The Balaban J connectivity index is 1.96. The van der Waals surface area contributed by atoms with Gasteiger partial charge >= 0.3 is 6.18 Å². The average Bonchev–Trinajstić information content (AvgIpc) is 3.00. The number of amides is 1. The molecule has 0 aliphatic carbocycles. The van der Waals surface area contributed by atoms with Gasteiger partial charge in [-0.25, -0.2) is 0 Å². The molecule has 1 unspecified atom stereocenters. The van der Waals surface area contributed by atoms with Crippen molar-refractivity contribution >= 4 is 17.7 Å². The maximum absolute atomic E-state index is 12.1. The number of nitrogens with one attached hydrogen (secondary N) is 1. The molecular weight excluding hydrogens is 347 g/mol. The van der Waals surface area contributed by atoms with Crippen LogP contribution in [0.3, 0.4) is 0 Å². The lowest BCUT2D eigenvalue weighted by Gasteiger charge is -2.11. The van der Waals surface area contributed by atoms with Gasteiger partial charge in [0.15, 0.2) is 0 Å². The van der Waals surface area contributed by atoms with Crippen LogP contribution in [-0.4, -0.2) is 41.2 Å². The minimum Gasteiger partial charge on any atom is -0.497 e. The monoisotopic (exact) mass is 361 g/mol. The van der Waals surface area contributed by atoms with E-state index in [1.54, 1.807) is 36.7 Å². The van der Waals surface area contributed by atoms with Gasteiger partial charge in [0.1, 0.15) is 12.3 Å². The van der Waals surface area contributed by atoms with Gasteiger partial charge in [0.2, 0.25) is 11.8 Å². The van der Waals surface area contributed by atoms with Crippen molar-refractivity contribution in [2.75, 3.05) is 13.7 Å².